The Balaban J connectivity index is 1.44. The van der Waals surface area contributed by atoms with Crippen molar-refractivity contribution in [1.29, 1.82) is 0 Å². The van der Waals surface area contributed by atoms with Gasteiger partial charge in [-0.3, -0.25) is 9.59 Å². The minimum atomic E-state index is -0.453. The molecule has 0 aliphatic heterocycles. The highest BCUT2D eigenvalue weighted by Crippen LogP contribution is 2.40. The number of fused-ring (bicyclic) bond motifs is 1. The summed E-state index contributed by atoms with van der Waals surface area (Å²) in [5, 5.41) is 5.96. The summed E-state index contributed by atoms with van der Waals surface area (Å²) in [5.41, 5.74) is 2.50. The summed E-state index contributed by atoms with van der Waals surface area (Å²) < 4.78 is 15.6. The summed E-state index contributed by atoms with van der Waals surface area (Å²) in [4.78, 5) is 40.5. The van der Waals surface area contributed by atoms with Crippen molar-refractivity contribution in [3.8, 4) is 11.5 Å². The fourth-order valence-corrected chi connectivity index (χ4v) is 6.78. The number of carbonyl (C=O) groups is 3. The van der Waals surface area contributed by atoms with Crippen molar-refractivity contribution in [3.63, 3.8) is 0 Å². The fraction of sp³-hybridized carbons (Fsp3) is 0.345. The molecule has 0 spiro atoms. The molecule has 0 fully saturated rings. The molecule has 1 aliphatic rings. The standard InChI is InChI=1S/C29H32N2O6S2/c1-16-9-11-21-24(13-16)39-28(25(21)29(34)37-5)31-26(32)17(2)38-20-8-6-7-19(15-20)30-27(33)18-10-12-22(35-3)23(14-18)36-4/h6-8,10,12,14-17H,9,11,13H2,1-5H3,(H,30,33)(H,31,32). The van der Waals surface area contributed by atoms with Crippen molar-refractivity contribution in [2.75, 3.05) is 32.0 Å². The largest absolute Gasteiger partial charge is 0.493 e. The Bertz CT molecular complexity index is 1390. The van der Waals surface area contributed by atoms with Gasteiger partial charge < -0.3 is 24.8 Å². The molecule has 3 aromatic rings. The van der Waals surface area contributed by atoms with E-state index in [0.717, 1.165) is 34.6 Å². The highest BCUT2D eigenvalue weighted by atomic mass is 32.2. The highest BCUT2D eigenvalue weighted by molar-refractivity contribution is 8.00. The van der Waals surface area contributed by atoms with Gasteiger partial charge in [0, 0.05) is 21.0 Å². The lowest BCUT2D eigenvalue weighted by atomic mass is 9.88. The van der Waals surface area contributed by atoms with Crippen molar-refractivity contribution < 1.29 is 28.6 Å². The van der Waals surface area contributed by atoms with Crippen LogP contribution in [0.1, 0.15) is 51.4 Å². The second kappa shape index (κ2) is 12.6. The average molecular weight is 569 g/mol. The summed E-state index contributed by atoms with van der Waals surface area (Å²) >= 11 is 2.83. The second-order valence-corrected chi connectivity index (χ2v) is 11.9. The number of carbonyl (C=O) groups excluding carboxylic acids is 3. The third-order valence-corrected chi connectivity index (χ3v) is 8.82. The van der Waals surface area contributed by atoms with Gasteiger partial charge in [-0.2, -0.15) is 0 Å². The lowest BCUT2D eigenvalue weighted by Crippen LogP contribution is -2.23. The maximum Gasteiger partial charge on any atom is 0.341 e. The van der Waals surface area contributed by atoms with Crippen LogP contribution in [0.25, 0.3) is 0 Å². The number of rotatable bonds is 9. The smallest absolute Gasteiger partial charge is 0.341 e. The fourth-order valence-electron chi connectivity index (χ4n) is 4.46. The van der Waals surface area contributed by atoms with Crippen molar-refractivity contribution in [3.05, 3.63) is 64.0 Å². The summed E-state index contributed by atoms with van der Waals surface area (Å²) in [6, 6.07) is 12.3. The molecule has 0 saturated carbocycles. The molecule has 4 rings (SSSR count). The number of methoxy groups -OCH3 is 3. The predicted octanol–water partition coefficient (Wildman–Crippen LogP) is 6.05. The maximum absolute atomic E-state index is 13.1. The first kappa shape index (κ1) is 28.5. The lowest BCUT2D eigenvalue weighted by Gasteiger charge is -2.18. The molecule has 1 aliphatic carbocycles. The van der Waals surface area contributed by atoms with Crippen LogP contribution in [0.2, 0.25) is 0 Å². The van der Waals surface area contributed by atoms with Gasteiger partial charge in [0.15, 0.2) is 11.5 Å². The van der Waals surface area contributed by atoms with Gasteiger partial charge in [0.25, 0.3) is 5.91 Å². The van der Waals surface area contributed by atoms with Crippen LogP contribution in [0, 0.1) is 5.92 Å². The quantitative estimate of drug-likeness (QED) is 0.239. The number of anilines is 2. The van der Waals surface area contributed by atoms with E-state index in [-0.39, 0.29) is 11.8 Å². The van der Waals surface area contributed by atoms with Gasteiger partial charge in [-0.15, -0.1) is 23.1 Å². The molecule has 2 amide bonds. The summed E-state index contributed by atoms with van der Waals surface area (Å²) in [5.74, 6) is 0.614. The number of hydrogen-bond donors (Lipinski definition) is 2. The molecule has 8 nitrogen and oxygen atoms in total. The first-order valence-corrected chi connectivity index (χ1v) is 14.3. The lowest BCUT2D eigenvalue weighted by molar-refractivity contribution is -0.115. The van der Waals surface area contributed by atoms with Crippen LogP contribution >= 0.6 is 23.1 Å². The average Bonchev–Trinajstić information content (AvgIpc) is 3.28. The monoisotopic (exact) mass is 568 g/mol. The zero-order valence-corrected chi connectivity index (χ0v) is 24.2. The Kier molecular flexibility index (Phi) is 9.19. The molecular weight excluding hydrogens is 536 g/mol. The zero-order valence-electron chi connectivity index (χ0n) is 22.6. The number of hydrogen-bond acceptors (Lipinski definition) is 8. The molecule has 10 heteroatoms. The molecular formula is C29H32N2O6S2. The maximum atomic E-state index is 13.1. The normalized spacial score (nSPS) is 15.1. The number of thiophene rings is 1. The van der Waals surface area contributed by atoms with Crippen molar-refractivity contribution in [1.82, 2.24) is 0 Å². The first-order chi connectivity index (χ1) is 18.7. The van der Waals surface area contributed by atoms with E-state index in [4.69, 9.17) is 14.2 Å². The summed E-state index contributed by atoms with van der Waals surface area (Å²) in [7, 11) is 4.41. The minimum Gasteiger partial charge on any atom is -0.493 e. The summed E-state index contributed by atoms with van der Waals surface area (Å²) in [6.07, 6.45) is 2.71. The van der Waals surface area contributed by atoms with Gasteiger partial charge in [-0.05, 0) is 74.1 Å². The highest BCUT2D eigenvalue weighted by Gasteiger charge is 2.29. The van der Waals surface area contributed by atoms with Gasteiger partial charge in [-0.1, -0.05) is 13.0 Å². The van der Waals surface area contributed by atoms with Crippen LogP contribution in [-0.4, -0.2) is 44.4 Å². The van der Waals surface area contributed by atoms with E-state index in [0.29, 0.717) is 39.2 Å². The molecule has 206 valence electrons. The van der Waals surface area contributed by atoms with E-state index in [1.807, 2.05) is 25.1 Å². The summed E-state index contributed by atoms with van der Waals surface area (Å²) in [6.45, 7) is 4.00. The van der Waals surface area contributed by atoms with E-state index in [2.05, 4.69) is 17.6 Å². The molecule has 1 aromatic heterocycles. The van der Waals surface area contributed by atoms with Gasteiger partial charge >= 0.3 is 5.97 Å². The van der Waals surface area contributed by atoms with Crippen LogP contribution in [0.5, 0.6) is 11.5 Å². The number of thioether (sulfide) groups is 1. The number of ether oxygens (including phenoxy) is 3. The van der Waals surface area contributed by atoms with Gasteiger partial charge in [-0.25, -0.2) is 4.79 Å². The van der Waals surface area contributed by atoms with E-state index >= 15 is 0 Å². The Morgan fingerprint density at radius 2 is 1.79 bits per heavy atom. The number of benzene rings is 2. The Morgan fingerprint density at radius 3 is 2.51 bits per heavy atom. The zero-order chi connectivity index (χ0) is 28.1. The van der Waals surface area contributed by atoms with E-state index in [1.165, 1.54) is 44.4 Å². The third-order valence-electron chi connectivity index (χ3n) is 6.56. The molecule has 2 atom stereocenters. The van der Waals surface area contributed by atoms with Gasteiger partial charge in [0.1, 0.15) is 5.00 Å². The molecule has 2 N–H and O–H groups in total. The van der Waals surface area contributed by atoms with Crippen LogP contribution in [0.15, 0.2) is 47.4 Å². The number of amides is 2. The van der Waals surface area contributed by atoms with E-state index in [9.17, 15) is 14.4 Å². The van der Waals surface area contributed by atoms with E-state index < -0.39 is 11.2 Å². The molecule has 2 unspecified atom stereocenters. The second-order valence-electron chi connectivity index (χ2n) is 9.35. The molecule has 0 bridgehead atoms. The number of esters is 1. The van der Waals surface area contributed by atoms with Crippen LogP contribution in [0.3, 0.4) is 0 Å². The molecule has 0 saturated heterocycles. The van der Waals surface area contributed by atoms with Gasteiger partial charge in [0.05, 0.1) is 32.1 Å². The SMILES string of the molecule is COC(=O)c1c(NC(=O)C(C)Sc2cccc(NC(=O)c3ccc(OC)c(OC)c3)c2)sc2c1CCC(C)C2. The molecule has 39 heavy (non-hydrogen) atoms. The van der Waals surface area contributed by atoms with Crippen LogP contribution < -0.4 is 20.1 Å². The molecule has 1 heterocycles. The van der Waals surface area contributed by atoms with Gasteiger partial charge in [0.2, 0.25) is 5.91 Å². The Hall–Kier alpha value is -3.50. The van der Waals surface area contributed by atoms with Crippen molar-refractivity contribution in [2.24, 2.45) is 5.92 Å². The number of nitrogens with one attached hydrogen (secondary N) is 2. The molecule has 0 radical (unpaired) electrons. The van der Waals surface area contributed by atoms with Crippen molar-refractivity contribution in [2.45, 2.75) is 43.3 Å². The Morgan fingerprint density at radius 1 is 1.03 bits per heavy atom. The first-order valence-electron chi connectivity index (χ1n) is 12.6. The molecule has 2 aromatic carbocycles. The Labute approximate surface area is 236 Å². The van der Waals surface area contributed by atoms with Crippen molar-refractivity contribution >= 4 is 51.6 Å². The third kappa shape index (κ3) is 6.57. The predicted molar refractivity (Wildman–Crippen MR) is 155 cm³/mol. The van der Waals surface area contributed by atoms with Crippen LogP contribution in [-0.2, 0) is 22.4 Å². The minimum absolute atomic E-state index is 0.212. The topological polar surface area (TPSA) is 103 Å². The van der Waals surface area contributed by atoms with E-state index in [1.54, 1.807) is 24.3 Å². The van der Waals surface area contributed by atoms with Crippen LogP contribution in [0.4, 0.5) is 10.7 Å².